The van der Waals surface area contributed by atoms with Gasteiger partial charge < -0.3 is 0 Å². The average Bonchev–Trinajstić information content (AvgIpc) is 2.74. The summed E-state index contributed by atoms with van der Waals surface area (Å²) >= 11 is 0. The highest BCUT2D eigenvalue weighted by molar-refractivity contribution is 5.57. The average molecular weight is 377 g/mol. The van der Waals surface area contributed by atoms with Crippen LogP contribution in [0.4, 0.5) is 0 Å². The van der Waals surface area contributed by atoms with E-state index < -0.39 is 0 Å². The first-order valence-electron chi connectivity index (χ1n) is 11.6. The fourth-order valence-electron chi connectivity index (χ4n) is 5.90. The van der Waals surface area contributed by atoms with E-state index >= 15 is 0 Å². The standard InChI is InChI=1S/C26H36N2/c1-3-5-7-9-21-10-11-24(23(20-28)22(21)19-27)26-16-13-25(14-17-26,15-18-26)12-8-6-4-2/h10-11H,3-9,12-18H2,1-2H3. The summed E-state index contributed by atoms with van der Waals surface area (Å²) in [5, 5.41) is 19.8. The van der Waals surface area contributed by atoms with Crippen LogP contribution in [-0.2, 0) is 11.8 Å². The van der Waals surface area contributed by atoms with E-state index in [1.165, 1.54) is 82.6 Å². The van der Waals surface area contributed by atoms with Gasteiger partial charge >= 0.3 is 0 Å². The van der Waals surface area contributed by atoms with Crippen LogP contribution in [0.5, 0.6) is 0 Å². The van der Waals surface area contributed by atoms with E-state index in [-0.39, 0.29) is 5.41 Å². The van der Waals surface area contributed by atoms with Gasteiger partial charge in [-0.05, 0) is 79.7 Å². The predicted octanol–water partition coefficient (Wildman–Crippen LogP) is 7.33. The van der Waals surface area contributed by atoms with Crippen LogP contribution in [0.25, 0.3) is 0 Å². The monoisotopic (exact) mass is 376 g/mol. The van der Waals surface area contributed by atoms with Crippen LogP contribution < -0.4 is 0 Å². The molecule has 2 nitrogen and oxygen atoms in total. The number of rotatable bonds is 9. The molecule has 0 atom stereocenters. The van der Waals surface area contributed by atoms with Crippen molar-refractivity contribution in [2.24, 2.45) is 5.41 Å². The van der Waals surface area contributed by atoms with Crippen molar-refractivity contribution in [2.45, 2.75) is 109 Å². The van der Waals surface area contributed by atoms with Crippen LogP contribution in [-0.4, -0.2) is 0 Å². The maximum Gasteiger partial charge on any atom is 0.101 e. The first-order valence-corrected chi connectivity index (χ1v) is 11.6. The van der Waals surface area contributed by atoms with Crippen molar-refractivity contribution < 1.29 is 0 Å². The fourth-order valence-corrected chi connectivity index (χ4v) is 5.90. The summed E-state index contributed by atoms with van der Waals surface area (Å²) in [6.45, 7) is 4.48. The molecule has 3 saturated carbocycles. The van der Waals surface area contributed by atoms with Gasteiger partial charge in [-0.15, -0.1) is 0 Å². The Morgan fingerprint density at radius 2 is 1.39 bits per heavy atom. The minimum absolute atomic E-state index is 0.144. The smallest absolute Gasteiger partial charge is 0.101 e. The van der Waals surface area contributed by atoms with E-state index in [0.29, 0.717) is 16.5 Å². The molecule has 150 valence electrons. The molecule has 0 N–H and O–H groups in total. The summed E-state index contributed by atoms with van der Waals surface area (Å²) in [6.07, 6.45) is 17.3. The van der Waals surface area contributed by atoms with Crippen LogP contribution in [0.3, 0.4) is 0 Å². The molecular formula is C26H36N2. The Morgan fingerprint density at radius 1 is 0.786 bits per heavy atom. The van der Waals surface area contributed by atoms with Gasteiger partial charge in [0.15, 0.2) is 0 Å². The summed E-state index contributed by atoms with van der Waals surface area (Å²) in [5.41, 5.74) is 4.33. The molecule has 3 fully saturated rings. The van der Waals surface area contributed by atoms with E-state index in [0.717, 1.165) is 18.4 Å². The molecule has 3 aliphatic carbocycles. The minimum Gasteiger partial charge on any atom is -0.192 e. The third-order valence-corrected chi connectivity index (χ3v) is 7.85. The molecule has 0 unspecified atom stereocenters. The third-order valence-electron chi connectivity index (χ3n) is 7.85. The SMILES string of the molecule is CCCCCc1ccc(C23CCC(CCCCC)(CC2)CC3)c(C#N)c1C#N. The summed E-state index contributed by atoms with van der Waals surface area (Å²) in [5.74, 6) is 0. The van der Waals surface area contributed by atoms with Crippen LogP contribution in [0, 0.1) is 28.1 Å². The molecule has 28 heavy (non-hydrogen) atoms. The normalized spacial score (nSPS) is 26.0. The Labute approximate surface area is 172 Å². The van der Waals surface area contributed by atoms with Gasteiger partial charge in [0, 0.05) is 0 Å². The van der Waals surface area contributed by atoms with E-state index in [1.807, 2.05) is 0 Å². The van der Waals surface area contributed by atoms with Crippen molar-refractivity contribution in [3.05, 3.63) is 34.4 Å². The lowest BCUT2D eigenvalue weighted by molar-refractivity contribution is 0.0304. The molecule has 2 bridgehead atoms. The number of nitrogens with zero attached hydrogens (tertiary/aromatic N) is 2. The van der Waals surface area contributed by atoms with Gasteiger partial charge in [0.25, 0.3) is 0 Å². The Morgan fingerprint density at radius 3 is 1.96 bits per heavy atom. The van der Waals surface area contributed by atoms with E-state index in [4.69, 9.17) is 0 Å². The van der Waals surface area contributed by atoms with Crippen molar-refractivity contribution >= 4 is 0 Å². The lowest BCUT2D eigenvalue weighted by atomic mass is 9.50. The Balaban J connectivity index is 1.83. The molecule has 0 aromatic heterocycles. The van der Waals surface area contributed by atoms with E-state index in [9.17, 15) is 10.5 Å². The number of nitriles is 2. The van der Waals surface area contributed by atoms with Gasteiger partial charge in [-0.2, -0.15) is 10.5 Å². The van der Waals surface area contributed by atoms with Crippen molar-refractivity contribution in [2.75, 3.05) is 0 Å². The third kappa shape index (κ3) is 3.98. The van der Waals surface area contributed by atoms with E-state index in [2.05, 4.69) is 38.1 Å². The first kappa shape index (κ1) is 20.9. The molecule has 0 amide bonds. The largest absolute Gasteiger partial charge is 0.192 e. The number of hydrogen-bond donors (Lipinski definition) is 0. The van der Waals surface area contributed by atoms with Gasteiger partial charge in [-0.3, -0.25) is 0 Å². The molecule has 0 saturated heterocycles. The van der Waals surface area contributed by atoms with Crippen molar-refractivity contribution in [3.8, 4) is 12.1 Å². The lowest BCUT2D eigenvalue weighted by Gasteiger charge is -2.54. The molecular weight excluding hydrogens is 340 g/mol. The highest BCUT2D eigenvalue weighted by Gasteiger charge is 2.49. The quantitative estimate of drug-likeness (QED) is 0.423. The summed E-state index contributed by atoms with van der Waals surface area (Å²) in [6, 6.07) is 9.23. The van der Waals surface area contributed by atoms with Crippen molar-refractivity contribution in [1.82, 2.24) is 0 Å². The zero-order chi connectivity index (χ0) is 20.0. The Kier molecular flexibility index (Phi) is 6.82. The van der Waals surface area contributed by atoms with E-state index in [1.54, 1.807) is 0 Å². The van der Waals surface area contributed by atoms with Crippen molar-refractivity contribution in [1.29, 1.82) is 10.5 Å². The molecule has 1 aromatic rings. The van der Waals surface area contributed by atoms with Gasteiger partial charge in [0.1, 0.15) is 12.1 Å². The van der Waals surface area contributed by atoms with Gasteiger partial charge in [-0.25, -0.2) is 0 Å². The van der Waals surface area contributed by atoms with Crippen LogP contribution in [0.1, 0.15) is 120 Å². The number of hydrogen-bond acceptors (Lipinski definition) is 2. The second kappa shape index (κ2) is 9.13. The molecule has 0 aliphatic heterocycles. The summed E-state index contributed by atoms with van der Waals surface area (Å²) < 4.78 is 0. The van der Waals surface area contributed by atoms with Gasteiger partial charge in [0.05, 0.1) is 11.1 Å². The first-order chi connectivity index (χ1) is 13.6. The Bertz CT molecular complexity index is 737. The maximum atomic E-state index is 9.97. The zero-order valence-electron chi connectivity index (χ0n) is 17.9. The predicted molar refractivity (Wildman–Crippen MR) is 115 cm³/mol. The van der Waals surface area contributed by atoms with Crippen LogP contribution in [0.15, 0.2) is 12.1 Å². The van der Waals surface area contributed by atoms with Crippen LogP contribution in [0.2, 0.25) is 0 Å². The van der Waals surface area contributed by atoms with Gasteiger partial charge in [0.2, 0.25) is 0 Å². The number of fused-ring (bicyclic) bond motifs is 3. The summed E-state index contributed by atoms with van der Waals surface area (Å²) in [7, 11) is 0. The number of unbranched alkanes of at least 4 members (excludes halogenated alkanes) is 4. The molecule has 4 rings (SSSR count). The number of aryl methyl sites for hydroxylation is 1. The molecule has 0 heterocycles. The van der Waals surface area contributed by atoms with Gasteiger partial charge in [-0.1, -0.05) is 58.1 Å². The highest BCUT2D eigenvalue weighted by Crippen LogP contribution is 2.60. The number of benzene rings is 1. The molecule has 0 spiro atoms. The molecule has 3 aliphatic rings. The molecule has 0 radical (unpaired) electrons. The summed E-state index contributed by atoms with van der Waals surface area (Å²) in [4.78, 5) is 0. The minimum atomic E-state index is 0.144. The molecule has 2 heteroatoms. The van der Waals surface area contributed by atoms with Crippen molar-refractivity contribution in [3.63, 3.8) is 0 Å². The zero-order valence-corrected chi connectivity index (χ0v) is 17.9. The second-order valence-corrected chi connectivity index (χ2v) is 9.44. The van der Waals surface area contributed by atoms with Crippen LogP contribution >= 0.6 is 0 Å². The fraction of sp³-hybridized carbons (Fsp3) is 0.692. The lowest BCUT2D eigenvalue weighted by Crippen LogP contribution is -2.44. The second-order valence-electron chi connectivity index (χ2n) is 9.44. The Hall–Kier alpha value is -1.80. The highest BCUT2D eigenvalue weighted by atomic mass is 14.5. The molecule has 1 aromatic carbocycles. The maximum absolute atomic E-state index is 9.97. The topological polar surface area (TPSA) is 47.6 Å².